The molecule has 14 heavy (non-hydrogen) atoms. The zero-order valence-electron chi connectivity index (χ0n) is 8.65. The van der Waals surface area contributed by atoms with Gasteiger partial charge in [0, 0.05) is 12.5 Å². The fraction of sp³-hybridized carbons (Fsp3) is 1.00. The highest BCUT2D eigenvalue weighted by Crippen LogP contribution is 2.54. The van der Waals surface area contributed by atoms with Gasteiger partial charge in [-0.3, -0.25) is 0 Å². The van der Waals surface area contributed by atoms with E-state index in [0.29, 0.717) is 0 Å². The van der Waals surface area contributed by atoms with Crippen molar-refractivity contribution < 1.29 is 10.2 Å². The molecule has 2 nitrogen and oxygen atoms in total. The van der Waals surface area contributed by atoms with Crippen LogP contribution in [0.4, 0.5) is 0 Å². The van der Waals surface area contributed by atoms with Gasteiger partial charge in [0.15, 0.2) is 0 Å². The maximum atomic E-state index is 10.6. The Morgan fingerprint density at radius 3 is 2.07 bits per heavy atom. The van der Waals surface area contributed by atoms with Crippen molar-refractivity contribution in [2.45, 2.75) is 44.1 Å². The molecule has 4 fully saturated rings. The first kappa shape index (κ1) is 9.17. The van der Waals surface area contributed by atoms with Gasteiger partial charge in [-0.25, -0.2) is 0 Å². The molecule has 0 amide bonds. The largest absolute Gasteiger partial charge is 0.396 e. The topological polar surface area (TPSA) is 40.5 Å². The van der Waals surface area contributed by atoms with E-state index >= 15 is 0 Å². The number of hydrogen-bond acceptors (Lipinski definition) is 2. The normalized spacial score (nSPS) is 56.1. The maximum Gasteiger partial charge on any atom is 0.0703 e. The second-order valence-corrected chi connectivity index (χ2v) is 5.93. The Morgan fingerprint density at radius 2 is 1.50 bits per heavy atom. The molecule has 0 aromatic heterocycles. The molecule has 0 saturated heterocycles. The summed E-state index contributed by atoms with van der Waals surface area (Å²) in [5.41, 5.74) is -0.506. The third-order valence-electron chi connectivity index (χ3n) is 4.88. The minimum Gasteiger partial charge on any atom is -0.396 e. The Morgan fingerprint density at radius 1 is 0.929 bits per heavy atom. The van der Waals surface area contributed by atoms with Crippen LogP contribution in [0.25, 0.3) is 0 Å². The van der Waals surface area contributed by atoms with Gasteiger partial charge < -0.3 is 10.2 Å². The number of rotatable bonds is 1. The first-order chi connectivity index (χ1) is 6.69. The monoisotopic (exact) mass is 196 g/mol. The van der Waals surface area contributed by atoms with Crippen LogP contribution in [0, 0.1) is 23.7 Å². The maximum absolute atomic E-state index is 10.6. The highest BCUT2D eigenvalue weighted by molar-refractivity contribution is 5.02. The van der Waals surface area contributed by atoms with E-state index in [9.17, 15) is 10.2 Å². The predicted molar refractivity (Wildman–Crippen MR) is 53.7 cm³/mol. The molecular weight excluding hydrogens is 176 g/mol. The van der Waals surface area contributed by atoms with Gasteiger partial charge in [0.25, 0.3) is 0 Å². The molecule has 0 heterocycles. The highest BCUT2D eigenvalue weighted by atomic mass is 16.3. The van der Waals surface area contributed by atoms with E-state index in [1.807, 2.05) is 0 Å². The molecule has 80 valence electrons. The second-order valence-electron chi connectivity index (χ2n) is 5.93. The zero-order valence-corrected chi connectivity index (χ0v) is 8.65. The second kappa shape index (κ2) is 2.96. The first-order valence-corrected chi connectivity index (χ1v) is 6.03. The molecule has 2 N–H and O–H groups in total. The number of hydrogen-bond donors (Lipinski definition) is 2. The summed E-state index contributed by atoms with van der Waals surface area (Å²) in [6.45, 7) is 0.187. The van der Waals surface area contributed by atoms with Crippen molar-refractivity contribution in [3.05, 3.63) is 0 Å². The van der Waals surface area contributed by atoms with Gasteiger partial charge in [-0.1, -0.05) is 0 Å². The highest BCUT2D eigenvalue weighted by Gasteiger charge is 2.51. The average Bonchev–Trinajstić information content (AvgIpc) is 2.25. The summed E-state index contributed by atoms with van der Waals surface area (Å²) in [6.07, 6.45) is 6.97. The van der Waals surface area contributed by atoms with Crippen molar-refractivity contribution >= 4 is 0 Å². The summed E-state index contributed by atoms with van der Waals surface area (Å²) in [7, 11) is 0. The smallest absolute Gasteiger partial charge is 0.0703 e. The van der Waals surface area contributed by atoms with E-state index in [0.717, 1.165) is 37.0 Å². The first-order valence-electron chi connectivity index (χ1n) is 6.03. The quantitative estimate of drug-likeness (QED) is 0.668. The Balaban J connectivity index is 1.94. The van der Waals surface area contributed by atoms with Gasteiger partial charge in [-0.2, -0.15) is 0 Å². The fourth-order valence-electron chi connectivity index (χ4n) is 4.51. The fourth-order valence-corrected chi connectivity index (χ4v) is 4.51. The van der Waals surface area contributed by atoms with Crippen LogP contribution in [0.15, 0.2) is 0 Å². The summed E-state index contributed by atoms with van der Waals surface area (Å²) in [5.74, 6) is 2.48. The Labute approximate surface area is 85.3 Å². The zero-order chi connectivity index (χ0) is 9.76. The molecule has 4 aliphatic rings. The Hall–Kier alpha value is -0.0800. The van der Waals surface area contributed by atoms with Gasteiger partial charge in [-0.05, 0) is 56.3 Å². The number of fused-ring (bicyclic) bond motifs is 1. The SMILES string of the molecule is OCC1CC2CC3CC(C2)CC1(O)C3. The molecule has 4 bridgehead atoms. The molecule has 3 atom stereocenters. The minimum atomic E-state index is -0.506. The summed E-state index contributed by atoms with van der Waals surface area (Å²) < 4.78 is 0. The van der Waals surface area contributed by atoms with Crippen molar-refractivity contribution in [1.29, 1.82) is 0 Å². The van der Waals surface area contributed by atoms with Gasteiger partial charge in [0.05, 0.1) is 5.60 Å². The third-order valence-corrected chi connectivity index (χ3v) is 4.88. The van der Waals surface area contributed by atoms with E-state index in [2.05, 4.69) is 0 Å². The molecule has 0 aromatic rings. The molecule has 4 rings (SSSR count). The molecule has 0 radical (unpaired) electrons. The van der Waals surface area contributed by atoms with Gasteiger partial charge in [-0.15, -0.1) is 0 Å². The van der Waals surface area contributed by atoms with Crippen LogP contribution in [0.3, 0.4) is 0 Å². The van der Waals surface area contributed by atoms with Crippen LogP contribution in [0.2, 0.25) is 0 Å². The van der Waals surface area contributed by atoms with Crippen molar-refractivity contribution in [3.8, 4) is 0 Å². The lowest BCUT2D eigenvalue weighted by Crippen LogP contribution is -2.44. The van der Waals surface area contributed by atoms with E-state index < -0.39 is 5.60 Å². The van der Waals surface area contributed by atoms with Crippen LogP contribution in [-0.2, 0) is 0 Å². The van der Waals surface area contributed by atoms with Crippen molar-refractivity contribution in [2.75, 3.05) is 6.61 Å². The predicted octanol–water partition coefficient (Wildman–Crippen LogP) is 1.56. The van der Waals surface area contributed by atoms with Crippen molar-refractivity contribution in [2.24, 2.45) is 23.7 Å². The standard InChI is InChI=1S/C12H20O2/c13-7-11-4-8-1-9-3-10(2-8)6-12(11,14)5-9/h8-11,13-14H,1-7H2. The van der Waals surface area contributed by atoms with Crippen LogP contribution in [0.5, 0.6) is 0 Å². The minimum absolute atomic E-state index is 0.169. The lowest BCUT2D eigenvalue weighted by Gasteiger charge is -2.44. The summed E-state index contributed by atoms with van der Waals surface area (Å²) in [4.78, 5) is 0. The van der Waals surface area contributed by atoms with E-state index in [1.165, 1.54) is 19.3 Å². The van der Waals surface area contributed by atoms with Crippen LogP contribution in [0.1, 0.15) is 38.5 Å². The lowest BCUT2D eigenvalue weighted by molar-refractivity contribution is -0.0860. The Bertz CT molecular complexity index is 224. The van der Waals surface area contributed by atoms with Gasteiger partial charge >= 0.3 is 0 Å². The van der Waals surface area contributed by atoms with Gasteiger partial charge in [0.1, 0.15) is 0 Å². The third kappa shape index (κ3) is 1.24. The molecule has 0 spiro atoms. The molecule has 3 unspecified atom stereocenters. The molecule has 0 aromatic carbocycles. The van der Waals surface area contributed by atoms with Crippen LogP contribution < -0.4 is 0 Å². The molecule has 4 aliphatic carbocycles. The summed E-state index contributed by atoms with van der Waals surface area (Å²) in [5, 5.41) is 19.9. The van der Waals surface area contributed by atoms with Crippen LogP contribution >= 0.6 is 0 Å². The van der Waals surface area contributed by atoms with Crippen molar-refractivity contribution in [1.82, 2.24) is 0 Å². The summed E-state index contributed by atoms with van der Waals surface area (Å²) >= 11 is 0. The lowest BCUT2D eigenvalue weighted by atomic mass is 9.65. The molecule has 2 heteroatoms. The van der Waals surface area contributed by atoms with E-state index in [-0.39, 0.29) is 12.5 Å². The van der Waals surface area contributed by atoms with E-state index in [1.54, 1.807) is 0 Å². The van der Waals surface area contributed by atoms with Gasteiger partial charge in [0.2, 0.25) is 0 Å². The molecular formula is C12H20O2. The number of aliphatic hydroxyl groups is 2. The van der Waals surface area contributed by atoms with E-state index in [4.69, 9.17) is 0 Å². The van der Waals surface area contributed by atoms with Crippen molar-refractivity contribution in [3.63, 3.8) is 0 Å². The van der Waals surface area contributed by atoms with Crippen LogP contribution in [-0.4, -0.2) is 22.4 Å². The molecule has 4 saturated carbocycles. The Kier molecular flexibility index (Phi) is 1.94. The summed E-state index contributed by atoms with van der Waals surface area (Å²) in [6, 6.07) is 0. The number of aliphatic hydroxyl groups excluding tert-OH is 1. The molecule has 0 aliphatic heterocycles. The average molecular weight is 196 g/mol.